The van der Waals surface area contributed by atoms with Crippen LogP contribution in [0.1, 0.15) is 18.9 Å². The van der Waals surface area contributed by atoms with Crippen LogP contribution in [0.2, 0.25) is 0 Å². The van der Waals surface area contributed by atoms with E-state index in [1.807, 2.05) is 49.4 Å². The minimum absolute atomic E-state index is 0.0563. The van der Waals surface area contributed by atoms with Gasteiger partial charge in [-0.15, -0.1) is 0 Å². The van der Waals surface area contributed by atoms with Gasteiger partial charge in [-0.2, -0.15) is 0 Å². The molecule has 1 aliphatic heterocycles. The Balaban J connectivity index is 1.98. The Bertz CT molecular complexity index is 508. The summed E-state index contributed by atoms with van der Waals surface area (Å²) in [7, 11) is 0. The van der Waals surface area contributed by atoms with Gasteiger partial charge in [0.25, 0.3) is 0 Å². The molecule has 0 bridgehead atoms. The molecule has 1 aromatic carbocycles. The lowest BCUT2D eigenvalue weighted by molar-refractivity contribution is 0.0834. The van der Waals surface area contributed by atoms with Gasteiger partial charge >= 0.3 is 6.09 Å². The highest BCUT2D eigenvalue weighted by Crippen LogP contribution is 2.18. The van der Waals surface area contributed by atoms with Gasteiger partial charge in [-0.3, -0.25) is 4.90 Å². The van der Waals surface area contributed by atoms with E-state index in [4.69, 9.17) is 4.74 Å². The van der Waals surface area contributed by atoms with Gasteiger partial charge in [-0.05, 0) is 25.0 Å². The minimum atomic E-state index is -0.406. The summed E-state index contributed by atoms with van der Waals surface area (Å²) in [6.45, 7) is 2.34. The number of carbonyl (C=O) groups excluding carboxylic acids is 1. The second-order valence-electron chi connectivity index (χ2n) is 4.69. The van der Waals surface area contributed by atoms with Crippen molar-refractivity contribution in [2.75, 3.05) is 6.54 Å². The lowest BCUT2D eigenvalue weighted by Crippen LogP contribution is -2.42. The van der Waals surface area contributed by atoms with Crippen molar-refractivity contribution in [1.82, 2.24) is 4.90 Å². The molecule has 2 rings (SSSR count). The third kappa shape index (κ3) is 3.63. The van der Waals surface area contributed by atoms with Crippen LogP contribution in [0.3, 0.4) is 0 Å². The number of carbonyl (C=O) groups is 1. The molecule has 0 aliphatic carbocycles. The lowest BCUT2D eigenvalue weighted by Gasteiger charge is -2.31. The SMILES string of the molecule is C/C=C/[C@H]1CC=C(O)CN1C(=O)OCc1ccccc1. The smallest absolute Gasteiger partial charge is 0.411 e. The van der Waals surface area contributed by atoms with E-state index < -0.39 is 6.09 Å². The third-order valence-corrected chi connectivity index (χ3v) is 3.18. The van der Waals surface area contributed by atoms with Crippen LogP contribution in [0, 0.1) is 0 Å². The molecule has 0 spiro atoms. The molecule has 1 aliphatic rings. The Morgan fingerprint density at radius 2 is 2.20 bits per heavy atom. The second-order valence-corrected chi connectivity index (χ2v) is 4.69. The van der Waals surface area contributed by atoms with E-state index in [1.165, 1.54) is 4.90 Å². The fraction of sp³-hybridized carbons (Fsp3) is 0.312. The molecule has 4 heteroatoms. The van der Waals surface area contributed by atoms with Gasteiger partial charge in [0.1, 0.15) is 12.4 Å². The maximum absolute atomic E-state index is 12.1. The number of hydrogen-bond acceptors (Lipinski definition) is 3. The number of ether oxygens (including phenoxy) is 1. The number of rotatable bonds is 3. The van der Waals surface area contributed by atoms with Gasteiger partial charge in [0.05, 0.1) is 12.6 Å². The molecule has 0 saturated heterocycles. The highest BCUT2D eigenvalue weighted by atomic mass is 16.6. The van der Waals surface area contributed by atoms with Gasteiger partial charge in [-0.1, -0.05) is 42.5 Å². The van der Waals surface area contributed by atoms with E-state index >= 15 is 0 Å². The molecular formula is C16H19NO3. The van der Waals surface area contributed by atoms with E-state index in [-0.39, 0.29) is 25.0 Å². The number of hydrogen-bond donors (Lipinski definition) is 1. The molecule has 1 amide bonds. The van der Waals surface area contributed by atoms with Crippen LogP contribution in [-0.4, -0.2) is 28.7 Å². The van der Waals surface area contributed by atoms with E-state index in [9.17, 15) is 9.90 Å². The highest BCUT2D eigenvalue weighted by Gasteiger charge is 2.26. The molecular weight excluding hydrogens is 254 g/mol. The Morgan fingerprint density at radius 1 is 1.45 bits per heavy atom. The molecule has 0 fully saturated rings. The Hall–Kier alpha value is -2.23. The average molecular weight is 273 g/mol. The van der Waals surface area contributed by atoms with Crippen molar-refractivity contribution >= 4 is 6.09 Å². The Morgan fingerprint density at radius 3 is 2.90 bits per heavy atom. The summed E-state index contributed by atoms with van der Waals surface area (Å²) < 4.78 is 5.31. The number of aliphatic hydroxyl groups excluding tert-OH is 1. The Labute approximate surface area is 119 Å². The van der Waals surface area contributed by atoms with Crippen molar-refractivity contribution in [2.45, 2.75) is 26.0 Å². The maximum Gasteiger partial charge on any atom is 0.411 e. The highest BCUT2D eigenvalue weighted by molar-refractivity contribution is 5.69. The predicted molar refractivity (Wildman–Crippen MR) is 77.3 cm³/mol. The average Bonchev–Trinajstić information content (AvgIpc) is 2.48. The number of allylic oxidation sites excluding steroid dienone is 1. The summed E-state index contributed by atoms with van der Waals surface area (Å²) in [5.41, 5.74) is 0.945. The van der Waals surface area contributed by atoms with Crippen molar-refractivity contribution in [2.24, 2.45) is 0 Å². The molecule has 1 atom stereocenters. The molecule has 0 aromatic heterocycles. The molecule has 1 N–H and O–H groups in total. The summed E-state index contributed by atoms with van der Waals surface area (Å²) in [4.78, 5) is 13.7. The van der Waals surface area contributed by atoms with Crippen molar-refractivity contribution in [3.8, 4) is 0 Å². The summed E-state index contributed by atoms with van der Waals surface area (Å²) >= 11 is 0. The first-order valence-corrected chi connectivity index (χ1v) is 6.69. The van der Waals surface area contributed by atoms with Crippen LogP contribution in [0.15, 0.2) is 54.3 Å². The Kier molecular flexibility index (Phi) is 4.82. The van der Waals surface area contributed by atoms with Gasteiger partial charge in [0.15, 0.2) is 0 Å². The van der Waals surface area contributed by atoms with Crippen LogP contribution in [-0.2, 0) is 11.3 Å². The molecule has 4 nitrogen and oxygen atoms in total. The summed E-state index contributed by atoms with van der Waals surface area (Å²) in [6, 6.07) is 9.48. The largest absolute Gasteiger partial charge is 0.511 e. The van der Waals surface area contributed by atoms with Crippen LogP contribution in [0.4, 0.5) is 4.79 Å². The first kappa shape index (κ1) is 14.2. The normalized spacial score (nSPS) is 18.9. The monoisotopic (exact) mass is 273 g/mol. The zero-order valence-corrected chi connectivity index (χ0v) is 11.5. The van der Waals surface area contributed by atoms with Gasteiger partial charge in [0.2, 0.25) is 0 Å². The first-order valence-electron chi connectivity index (χ1n) is 6.69. The standard InChI is InChI=1S/C16H19NO3/c1-2-6-14-9-10-15(18)11-17(14)16(19)20-12-13-7-4-3-5-8-13/h2-8,10,14,18H,9,11-12H2,1H3/b6-2+/t14-/m0/s1. The lowest BCUT2D eigenvalue weighted by atomic mass is 10.1. The van der Waals surface area contributed by atoms with Crippen LogP contribution in [0.25, 0.3) is 0 Å². The molecule has 106 valence electrons. The zero-order valence-electron chi connectivity index (χ0n) is 11.5. The second kappa shape index (κ2) is 6.80. The van der Waals surface area contributed by atoms with Crippen molar-refractivity contribution in [3.63, 3.8) is 0 Å². The molecule has 0 unspecified atom stereocenters. The summed E-state index contributed by atoms with van der Waals surface area (Å²) in [6.07, 6.45) is 5.78. The van der Waals surface area contributed by atoms with E-state index in [0.717, 1.165) is 5.56 Å². The first-order chi connectivity index (χ1) is 9.70. The van der Waals surface area contributed by atoms with Crippen molar-refractivity contribution in [1.29, 1.82) is 0 Å². The molecule has 0 radical (unpaired) electrons. The van der Waals surface area contributed by atoms with Crippen LogP contribution in [0.5, 0.6) is 0 Å². The molecule has 20 heavy (non-hydrogen) atoms. The van der Waals surface area contributed by atoms with Crippen LogP contribution < -0.4 is 0 Å². The fourth-order valence-electron chi connectivity index (χ4n) is 2.15. The van der Waals surface area contributed by atoms with Crippen molar-refractivity contribution in [3.05, 3.63) is 59.9 Å². The third-order valence-electron chi connectivity index (χ3n) is 3.18. The molecule has 0 saturated carbocycles. The van der Waals surface area contributed by atoms with Crippen molar-refractivity contribution < 1.29 is 14.6 Å². The predicted octanol–water partition coefficient (Wildman–Crippen LogP) is 3.42. The number of amides is 1. The molecule has 1 aromatic rings. The quantitative estimate of drug-likeness (QED) is 0.858. The zero-order chi connectivity index (χ0) is 14.4. The van der Waals surface area contributed by atoms with Gasteiger partial charge < -0.3 is 9.84 Å². The molecule has 1 heterocycles. The summed E-state index contributed by atoms with van der Waals surface area (Å²) in [5.74, 6) is 0.211. The fourth-order valence-corrected chi connectivity index (χ4v) is 2.15. The van der Waals surface area contributed by atoms with E-state index in [0.29, 0.717) is 6.42 Å². The number of nitrogens with zero attached hydrogens (tertiary/aromatic N) is 1. The minimum Gasteiger partial charge on any atom is -0.511 e. The topological polar surface area (TPSA) is 49.8 Å². The maximum atomic E-state index is 12.1. The van der Waals surface area contributed by atoms with E-state index in [1.54, 1.807) is 6.08 Å². The number of benzene rings is 1. The van der Waals surface area contributed by atoms with Gasteiger partial charge in [0, 0.05) is 0 Å². The van der Waals surface area contributed by atoms with Crippen LogP contribution >= 0.6 is 0 Å². The van der Waals surface area contributed by atoms with Gasteiger partial charge in [-0.25, -0.2) is 4.79 Å². The van der Waals surface area contributed by atoms with E-state index in [2.05, 4.69) is 0 Å². The summed E-state index contributed by atoms with van der Waals surface area (Å²) in [5, 5.41) is 9.59. The number of aliphatic hydroxyl groups is 1.